The molecule has 1 unspecified atom stereocenters. The first-order valence-corrected chi connectivity index (χ1v) is 7.10. The van der Waals surface area contributed by atoms with Gasteiger partial charge in [0, 0.05) is 18.7 Å². The molecule has 5 heteroatoms. The molecule has 0 bridgehead atoms. The van der Waals surface area contributed by atoms with Gasteiger partial charge in [-0.2, -0.15) is 0 Å². The first-order chi connectivity index (χ1) is 9.10. The maximum Gasteiger partial charge on any atom is 0.176 e. The Hall–Kier alpha value is -0.910. The summed E-state index contributed by atoms with van der Waals surface area (Å²) >= 11 is 3.40. The summed E-state index contributed by atoms with van der Waals surface area (Å²) in [4.78, 5) is 14.4. The highest BCUT2D eigenvalue weighted by atomic mass is 79.9. The van der Waals surface area contributed by atoms with Crippen molar-refractivity contribution in [2.24, 2.45) is 0 Å². The third-order valence-electron chi connectivity index (χ3n) is 3.17. The van der Waals surface area contributed by atoms with Crippen LogP contribution in [0.3, 0.4) is 0 Å². The van der Waals surface area contributed by atoms with Crippen LogP contribution in [-0.4, -0.2) is 50.1 Å². The van der Waals surface area contributed by atoms with Gasteiger partial charge < -0.3 is 9.47 Å². The largest absolute Gasteiger partial charge is 0.496 e. The molecule has 104 valence electrons. The summed E-state index contributed by atoms with van der Waals surface area (Å²) in [6.07, 6.45) is 0.198. The topological polar surface area (TPSA) is 38.8 Å². The Kier molecular flexibility index (Phi) is 4.96. The SMILES string of the molecule is COc1ccc(C(=O)CN2CCOC(C)C2)cc1Br. The lowest BCUT2D eigenvalue weighted by molar-refractivity contribution is -0.0158. The summed E-state index contributed by atoms with van der Waals surface area (Å²) in [6, 6.07) is 5.42. The molecule has 4 nitrogen and oxygen atoms in total. The van der Waals surface area contributed by atoms with Crippen LogP contribution in [0.2, 0.25) is 0 Å². The molecule has 1 aromatic carbocycles. The van der Waals surface area contributed by atoms with E-state index in [9.17, 15) is 4.79 Å². The molecule has 19 heavy (non-hydrogen) atoms. The van der Waals surface area contributed by atoms with Crippen LogP contribution in [0.5, 0.6) is 5.75 Å². The number of morpholine rings is 1. The lowest BCUT2D eigenvalue weighted by atomic mass is 10.1. The van der Waals surface area contributed by atoms with Gasteiger partial charge in [-0.05, 0) is 41.1 Å². The molecule has 0 saturated carbocycles. The molecule has 0 amide bonds. The Labute approximate surface area is 121 Å². The van der Waals surface area contributed by atoms with E-state index in [1.807, 2.05) is 13.0 Å². The molecule has 0 aromatic heterocycles. The van der Waals surface area contributed by atoms with Crippen molar-refractivity contribution in [3.05, 3.63) is 28.2 Å². The molecule has 1 aliphatic rings. The van der Waals surface area contributed by atoms with Crippen LogP contribution >= 0.6 is 15.9 Å². The van der Waals surface area contributed by atoms with Gasteiger partial charge in [-0.25, -0.2) is 0 Å². The molecule has 1 heterocycles. The summed E-state index contributed by atoms with van der Waals surface area (Å²) in [6.45, 7) is 4.78. The van der Waals surface area contributed by atoms with Crippen LogP contribution in [0.1, 0.15) is 17.3 Å². The van der Waals surface area contributed by atoms with Crippen molar-refractivity contribution >= 4 is 21.7 Å². The van der Waals surface area contributed by atoms with Crippen LogP contribution in [0.25, 0.3) is 0 Å². The third-order valence-corrected chi connectivity index (χ3v) is 3.79. The van der Waals surface area contributed by atoms with E-state index >= 15 is 0 Å². The lowest BCUT2D eigenvalue weighted by Gasteiger charge is -2.30. The number of carbonyl (C=O) groups is 1. The predicted octanol–water partition coefficient (Wildman–Crippen LogP) is 2.36. The molecule has 0 aliphatic carbocycles. The van der Waals surface area contributed by atoms with E-state index in [0.29, 0.717) is 18.7 Å². The second-order valence-electron chi connectivity index (χ2n) is 4.69. The molecule has 1 aliphatic heterocycles. The number of hydrogen-bond donors (Lipinski definition) is 0. The van der Waals surface area contributed by atoms with E-state index in [4.69, 9.17) is 9.47 Å². The average Bonchev–Trinajstić information content (AvgIpc) is 2.38. The minimum atomic E-state index is 0.123. The molecular weight excluding hydrogens is 310 g/mol. The first kappa shape index (κ1) is 14.5. The van der Waals surface area contributed by atoms with Crippen molar-refractivity contribution in [3.8, 4) is 5.75 Å². The van der Waals surface area contributed by atoms with Crippen LogP contribution in [-0.2, 0) is 4.74 Å². The molecule has 0 spiro atoms. The fourth-order valence-electron chi connectivity index (χ4n) is 2.17. The highest BCUT2D eigenvalue weighted by Gasteiger charge is 2.19. The Morgan fingerprint density at radius 2 is 2.37 bits per heavy atom. The minimum absolute atomic E-state index is 0.123. The number of halogens is 1. The smallest absolute Gasteiger partial charge is 0.176 e. The number of methoxy groups -OCH3 is 1. The minimum Gasteiger partial charge on any atom is -0.496 e. The van der Waals surface area contributed by atoms with Crippen molar-refractivity contribution in [2.45, 2.75) is 13.0 Å². The van der Waals surface area contributed by atoms with Gasteiger partial charge in [-0.15, -0.1) is 0 Å². The highest BCUT2D eigenvalue weighted by Crippen LogP contribution is 2.25. The molecule has 2 rings (SSSR count). The summed E-state index contributed by atoms with van der Waals surface area (Å²) in [5.41, 5.74) is 0.701. The number of ether oxygens (including phenoxy) is 2. The maximum atomic E-state index is 12.2. The standard InChI is InChI=1S/C14H18BrNO3/c1-10-8-16(5-6-19-10)9-13(17)11-3-4-14(18-2)12(15)7-11/h3-4,7,10H,5-6,8-9H2,1-2H3. The number of benzene rings is 1. The van der Waals surface area contributed by atoms with Crippen LogP contribution in [0, 0.1) is 0 Å². The van der Waals surface area contributed by atoms with Crippen molar-refractivity contribution in [1.29, 1.82) is 0 Å². The zero-order valence-corrected chi connectivity index (χ0v) is 12.8. The van der Waals surface area contributed by atoms with Gasteiger partial charge in [0.25, 0.3) is 0 Å². The van der Waals surface area contributed by atoms with Crippen molar-refractivity contribution < 1.29 is 14.3 Å². The van der Waals surface area contributed by atoms with Gasteiger partial charge >= 0.3 is 0 Å². The Bertz CT molecular complexity index is 464. The second-order valence-corrected chi connectivity index (χ2v) is 5.54. The predicted molar refractivity (Wildman–Crippen MR) is 76.9 cm³/mol. The fraction of sp³-hybridized carbons (Fsp3) is 0.500. The third kappa shape index (κ3) is 3.78. The number of nitrogens with zero attached hydrogens (tertiary/aromatic N) is 1. The summed E-state index contributed by atoms with van der Waals surface area (Å²) in [5.74, 6) is 0.856. The quantitative estimate of drug-likeness (QED) is 0.796. The lowest BCUT2D eigenvalue weighted by Crippen LogP contribution is -2.43. The highest BCUT2D eigenvalue weighted by molar-refractivity contribution is 9.10. The van der Waals surface area contributed by atoms with Crippen LogP contribution in [0.15, 0.2) is 22.7 Å². The van der Waals surface area contributed by atoms with Crippen LogP contribution in [0.4, 0.5) is 0 Å². The van der Waals surface area contributed by atoms with Gasteiger partial charge in [0.05, 0.1) is 30.8 Å². The number of Topliss-reactive ketones (excluding diaryl/α,β-unsaturated/α-hetero) is 1. The number of carbonyl (C=O) groups excluding carboxylic acids is 1. The average molecular weight is 328 g/mol. The summed E-state index contributed by atoms with van der Waals surface area (Å²) in [5, 5.41) is 0. The zero-order chi connectivity index (χ0) is 13.8. The molecule has 1 fully saturated rings. The van der Waals surface area contributed by atoms with E-state index < -0.39 is 0 Å². The van der Waals surface area contributed by atoms with Crippen LogP contribution < -0.4 is 4.74 Å². The van der Waals surface area contributed by atoms with Gasteiger partial charge in [-0.3, -0.25) is 9.69 Å². The summed E-state index contributed by atoms with van der Waals surface area (Å²) < 4.78 is 11.4. The molecule has 0 N–H and O–H groups in total. The van der Waals surface area contributed by atoms with E-state index in [-0.39, 0.29) is 11.9 Å². The van der Waals surface area contributed by atoms with Crippen molar-refractivity contribution in [2.75, 3.05) is 33.4 Å². The first-order valence-electron chi connectivity index (χ1n) is 6.31. The van der Waals surface area contributed by atoms with Gasteiger partial charge in [0.2, 0.25) is 0 Å². The Balaban J connectivity index is 2.01. The second kappa shape index (κ2) is 6.50. The van der Waals surface area contributed by atoms with Gasteiger partial charge in [0.1, 0.15) is 5.75 Å². The monoisotopic (exact) mass is 327 g/mol. The Morgan fingerprint density at radius 3 is 3.00 bits per heavy atom. The number of ketones is 1. The van der Waals surface area contributed by atoms with E-state index in [1.54, 1.807) is 19.2 Å². The Morgan fingerprint density at radius 1 is 1.58 bits per heavy atom. The normalized spacial score (nSPS) is 20.3. The van der Waals surface area contributed by atoms with Crippen molar-refractivity contribution in [3.63, 3.8) is 0 Å². The maximum absolute atomic E-state index is 12.2. The number of hydrogen-bond acceptors (Lipinski definition) is 4. The fourth-order valence-corrected chi connectivity index (χ4v) is 2.71. The molecule has 1 aromatic rings. The molecular formula is C14H18BrNO3. The van der Waals surface area contributed by atoms with E-state index in [1.165, 1.54) is 0 Å². The zero-order valence-electron chi connectivity index (χ0n) is 11.2. The van der Waals surface area contributed by atoms with Gasteiger partial charge in [0.15, 0.2) is 5.78 Å². The molecule has 0 radical (unpaired) electrons. The van der Waals surface area contributed by atoms with E-state index in [0.717, 1.165) is 23.3 Å². The molecule has 1 atom stereocenters. The summed E-state index contributed by atoms with van der Waals surface area (Å²) in [7, 11) is 1.61. The van der Waals surface area contributed by atoms with Crippen molar-refractivity contribution in [1.82, 2.24) is 4.90 Å². The number of rotatable bonds is 4. The molecule has 1 saturated heterocycles. The van der Waals surface area contributed by atoms with E-state index in [2.05, 4.69) is 20.8 Å². The van der Waals surface area contributed by atoms with Gasteiger partial charge in [-0.1, -0.05) is 0 Å².